The van der Waals surface area contributed by atoms with E-state index < -0.39 is 5.41 Å². The molecule has 0 bridgehead atoms. The Morgan fingerprint density at radius 1 is 1.60 bits per heavy atom. The van der Waals surface area contributed by atoms with Gasteiger partial charge in [0.25, 0.3) is 0 Å². The van der Waals surface area contributed by atoms with Gasteiger partial charge in [0.05, 0.1) is 7.11 Å². The summed E-state index contributed by atoms with van der Waals surface area (Å²) < 4.78 is 6.75. The predicted molar refractivity (Wildman–Crippen MR) is 53.3 cm³/mol. The van der Waals surface area contributed by atoms with Crippen molar-refractivity contribution >= 4 is 5.97 Å². The summed E-state index contributed by atoms with van der Waals surface area (Å²) in [7, 11) is 1.42. The van der Waals surface area contributed by atoms with Crippen molar-refractivity contribution in [3.8, 4) is 0 Å². The Morgan fingerprint density at radius 3 is 2.73 bits per heavy atom. The normalized spacial score (nSPS) is 17.9. The monoisotopic (exact) mass is 209 g/mol. The Balaban J connectivity index is 2.37. The molecule has 5 heteroatoms. The summed E-state index contributed by atoms with van der Waals surface area (Å²) in [5, 5.41) is 7.92. The molecule has 0 atom stereocenters. The van der Waals surface area contributed by atoms with Gasteiger partial charge < -0.3 is 9.30 Å². The highest BCUT2D eigenvalue weighted by Crippen LogP contribution is 2.48. The van der Waals surface area contributed by atoms with Gasteiger partial charge in [-0.2, -0.15) is 0 Å². The molecule has 82 valence electrons. The smallest absolute Gasteiger partial charge is 0.319 e. The van der Waals surface area contributed by atoms with E-state index in [1.807, 2.05) is 18.4 Å². The fraction of sp³-hybridized carbons (Fsp3) is 0.700. The van der Waals surface area contributed by atoms with Gasteiger partial charge in [0.1, 0.15) is 11.7 Å². The molecule has 2 rings (SSSR count). The summed E-state index contributed by atoms with van der Waals surface area (Å²) >= 11 is 0. The van der Waals surface area contributed by atoms with Crippen LogP contribution < -0.4 is 0 Å². The number of nitrogens with zero attached hydrogens (tertiary/aromatic N) is 3. The topological polar surface area (TPSA) is 57.0 Å². The molecule has 0 amide bonds. The number of hydrogen-bond acceptors (Lipinski definition) is 4. The van der Waals surface area contributed by atoms with Crippen LogP contribution in [0, 0.1) is 0 Å². The van der Waals surface area contributed by atoms with E-state index in [1.54, 1.807) is 6.33 Å². The third-order valence-corrected chi connectivity index (χ3v) is 2.88. The van der Waals surface area contributed by atoms with Crippen LogP contribution in [0.1, 0.15) is 38.6 Å². The Labute approximate surface area is 88.4 Å². The van der Waals surface area contributed by atoms with Crippen molar-refractivity contribution in [2.75, 3.05) is 7.11 Å². The number of methoxy groups -OCH3 is 1. The molecule has 0 saturated heterocycles. The molecule has 5 nitrogen and oxygen atoms in total. The summed E-state index contributed by atoms with van der Waals surface area (Å²) in [4.78, 5) is 11.7. The first kappa shape index (κ1) is 10.1. The molecule has 1 heterocycles. The molecule has 0 spiro atoms. The van der Waals surface area contributed by atoms with Crippen LogP contribution in [0.2, 0.25) is 0 Å². The summed E-state index contributed by atoms with van der Waals surface area (Å²) in [6.07, 6.45) is 3.29. The van der Waals surface area contributed by atoms with Gasteiger partial charge in [-0.15, -0.1) is 10.2 Å². The van der Waals surface area contributed by atoms with Gasteiger partial charge in [-0.25, -0.2) is 0 Å². The minimum Gasteiger partial charge on any atom is -0.468 e. The molecule has 1 aliphatic carbocycles. The first-order valence-corrected chi connectivity index (χ1v) is 5.10. The molecule has 0 unspecified atom stereocenters. The van der Waals surface area contributed by atoms with Crippen molar-refractivity contribution in [3.63, 3.8) is 0 Å². The zero-order valence-electron chi connectivity index (χ0n) is 9.23. The van der Waals surface area contributed by atoms with Gasteiger partial charge in [-0.05, 0) is 26.7 Å². The number of carbonyl (C=O) groups excluding carboxylic acids is 1. The molecule has 0 N–H and O–H groups in total. The fourth-order valence-electron chi connectivity index (χ4n) is 1.80. The van der Waals surface area contributed by atoms with E-state index in [1.165, 1.54) is 7.11 Å². The van der Waals surface area contributed by atoms with Gasteiger partial charge in [-0.1, -0.05) is 0 Å². The highest BCUT2D eigenvalue weighted by molar-refractivity contribution is 5.85. The molecular weight excluding hydrogens is 194 g/mol. The van der Waals surface area contributed by atoms with Crippen LogP contribution >= 0.6 is 0 Å². The predicted octanol–water partition coefficient (Wildman–Crippen LogP) is 1.06. The quantitative estimate of drug-likeness (QED) is 0.698. The zero-order chi connectivity index (χ0) is 11.1. The lowest BCUT2D eigenvalue weighted by atomic mass is 10.1. The number of ether oxygens (including phenoxy) is 1. The first-order valence-electron chi connectivity index (χ1n) is 5.10. The lowest BCUT2D eigenvalue weighted by Crippen LogP contribution is -2.26. The average molecular weight is 209 g/mol. The van der Waals surface area contributed by atoms with E-state index in [0.29, 0.717) is 0 Å². The second-order valence-corrected chi connectivity index (χ2v) is 4.23. The molecule has 1 fully saturated rings. The van der Waals surface area contributed by atoms with Gasteiger partial charge >= 0.3 is 5.97 Å². The van der Waals surface area contributed by atoms with Crippen LogP contribution in [0.25, 0.3) is 0 Å². The maximum Gasteiger partial charge on any atom is 0.319 e. The molecule has 1 aromatic heterocycles. The van der Waals surface area contributed by atoms with Crippen molar-refractivity contribution in [2.45, 2.75) is 38.1 Å². The highest BCUT2D eigenvalue weighted by atomic mass is 16.5. The second-order valence-electron chi connectivity index (χ2n) is 4.23. The van der Waals surface area contributed by atoms with Crippen LogP contribution in [0.3, 0.4) is 0 Å². The molecular formula is C10H15N3O2. The Morgan fingerprint density at radius 2 is 2.27 bits per heavy atom. The van der Waals surface area contributed by atoms with Gasteiger partial charge in [0, 0.05) is 6.04 Å². The third kappa shape index (κ3) is 1.42. The van der Waals surface area contributed by atoms with E-state index in [4.69, 9.17) is 4.74 Å². The van der Waals surface area contributed by atoms with Crippen molar-refractivity contribution in [3.05, 3.63) is 12.2 Å². The van der Waals surface area contributed by atoms with Crippen LogP contribution in [-0.4, -0.2) is 27.8 Å². The van der Waals surface area contributed by atoms with Crippen molar-refractivity contribution in [2.24, 2.45) is 0 Å². The van der Waals surface area contributed by atoms with E-state index in [9.17, 15) is 4.79 Å². The minimum absolute atomic E-state index is 0.197. The van der Waals surface area contributed by atoms with E-state index >= 15 is 0 Å². The van der Waals surface area contributed by atoms with Crippen molar-refractivity contribution in [1.29, 1.82) is 0 Å². The molecule has 0 aromatic carbocycles. The molecule has 1 aromatic rings. The summed E-state index contributed by atoms with van der Waals surface area (Å²) in [5.41, 5.74) is -0.518. The van der Waals surface area contributed by atoms with E-state index in [-0.39, 0.29) is 12.0 Å². The lowest BCUT2D eigenvalue weighted by molar-refractivity contribution is -0.144. The van der Waals surface area contributed by atoms with Gasteiger partial charge in [-0.3, -0.25) is 4.79 Å². The lowest BCUT2D eigenvalue weighted by Gasteiger charge is -2.15. The van der Waals surface area contributed by atoms with Crippen LogP contribution in [0.5, 0.6) is 0 Å². The largest absolute Gasteiger partial charge is 0.468 e. The van der Waals surface area contributed by atoms with Crippen molar-refractivity contribution < 1.29 is 9.53 Å². The number of carbonyl (C=O) groups is 1. The second kappa shape index (κ2) is 3.32. The van der Waals surface area contributed by atoms with Gasteiger partial charge in [0.2, 0.25) is 0 Å². The Hall–Kier alpha value is -1.39. The average Bonchev–Trinajstić information content (AvgIpc) is 2.87. The van der Waals surface area contributed by atoms with Gasteiger partial charge in [0.15, 0.2) is 5.82 Å². The standard InChI is InChI=1S/C10H15N3O2/c1-7(2)13-6-11-12-8(13)10(4-5-10)9(14)15-3/h6-7H,4-5H2,1-3H3. The molecule has 0 aliphatic heterocycles. The summed E-state index contributed by atoms with van der Waals surface area (Å²) in [6, 6.07) is 0.261. The Kier molecular flexibility index (Phi) is 2.25. The minimum atomic E-state index is -0.518. The maximum atomic E-state index is 11.7. The first-order chi connectivity index (χ1) is 7.12. The Bertz CT molecular complexity index is 380. The number of esters is 1. The van der Waals surface area contributed by atoms with Crippen molar-refractivity contribution in [1.82, 2.24) is 14.8 Å². The SMILES string of the molecule is COC(=O)C1(c2nncn2C(C)C)CC1. The summed E-state index contributed by atoms with van der Waals surface area (Å²) in [6.45, 7) is 4.08. The number of rotatable bonds is 3. The highest BCUT2D eigenvalue weighted by Gasteiger charge is 2.56. The molecule has 15 heavy (non-hydrogen) atoms. The third-order valence-electron chi connectivity index (χ3n) is 2.88. The molecule has 1 saturated carbocycles. The summed E-state index contributed by atoms with van der Waals surface area (Å²) in [5.74, 6) is 0.543. The van der Waals surface area contributed by atoms with E-state index in [2.05, 4.69) is 10.2 Å². The van der Waals surface area contributed by atoms with Crippen LogP contribution in [0.15, 0.2) is 6.33 Å². The number of hydrogen-bond donors (Lipinski definition) is 0. The van der Waals surface area contributed by atoms with E-state index in [0.717, 1.165) is 18.7 Å². The number of aromatic nitrogens is 3. The molecule has 1 aliphatic rings. The zero-order valence-corrected chi connectivity index (χ0v) is 9.23. The fourth-order valence-corrected chi connectivity index (χ4v) is 1.80. The molecule has 0 radical (unpaired) electrons. The van der Waals surface area contributed by atoms with Crippen LogP contribution in [-0.2, 0) is 14.9 Å². The maximum absolute atomic E-state index is 11.7. The van der Waals surface area contributed by atoms with Crippen LogP contribution in [0.4, 0.5) is 0 Å².